The molecule has 0 saturated carbocycles. The number of rotatable bonds is 3. The predicted octanol–water partition coefficient (Wildman–Crippen LogP) is 4.68. The molecule has 0 unspecified atom stereocenters. The molecule has 0 radical (unpaired) electrons. The Hall–Kier alpha value is -0.870. The quantitative estimate of drug-likeness (QED) is 0.566. The van der Waals surface area contributed by atoms with Gasteiger partial charge in [0.15, 0.2) is 5.78 Å². The van der Waals surface area contributed by atoms with E-state index < -0.39 is 0 Å². The fourth-order valence-corrected chi connectivity index (χ4v) is 2.27. The molecule has 0 aliphatic rings. The van der Waals surface area contributed by atoms with E-state index in [0.29, 0.717) is 17.0 Å². The summed E-state index contributed by atoms with van der Waals surface area (Å²) in [6, 6.07) is 13.4. The summed E-state index contributed by atoms with van der Waals surface area (Å²) in [6.07, 6.45) is 0.420. The van der Waals surface area contributed by atoms with Gasteiger partial charge >= 0.3 is 0 Å². The minimum atomic E-state index is 0.0996. The predicted molar refractivity (Wildman–Crippen MR) is 83.4 cm³/mol. The lowest BCUT2D eigenvalue weighted by atomic mass is 10.00. The first-order chi connectivity index (χ1) is 8.58. The highest BCUT2D eigenvalue weighted by Gasteiger charge is 2.10. The highest BCUT2D eigenvalue weighted by molar-refractivity contribution is 14.1. The molecule has 2 aromatic carbocycles. The SMILES string of the molecule is Cc1ccccc1CC(=O)c1ccc(I)c(Cl)c1. The van der Waals surface area contributed by atoms with E-state index in [1.54, 1.807) is 6.07 Å². The van der Waals surface area contributed by atoms with Crippen LogP contribution in [0.5, 0.6) is 0 Å². The maximum atomic E-state index is 12.2. The number of hydrogen-bond donors (Lipinski definition) is 0. The van der Waals surface area contributed by atoms with Crippen LogP contribution in [0.3, 0.4) is 0 Å². The number of Topliss-reactive ketones (excluding diaryl/α,β-unsaturated/α-hetero) is 1. The number of aryl methyl sites for hydroxylation is 1. The Kier molecular flexibility index (Phi) is 4.40. The van der Waals surface area contributed by atoms with Gasteiger partial charge in [0.25, 0.3) is 0 Å². The molecule has 0 atom stereocenters. The van der Waals surface area contributed by atoms with Crippen LogP contribution in [0.15, 0.2) is 42.5 Å². The largest absolute Gasteiger partial charge is 0.294 e. The van der Waals surface area contributed by atoms with E-state index in [4.69, 9.17) is 11.6 Å². The lowest BCUT2D eigenvalue weighted by Gasteiger charge is -2.06. The molecular weight excluding hydrogens is 359 g/mol. The van der Waals surface area contributed by atoms with Crippen LogP contribution in [-0.2, 0) is 6.42 Å². The number of halogens is 2. The summed E-state index contributed by atoms with van der Waals surface area (Å²) in [4.78, 5) is 12.2. The molecule has 0 amide bonds. The van der Waals surface area contributed by atoms with E-state index in [0.717, 1.165) is 14.7 Å². The second kappa shape index (κ2) is 5.85. The van der Waals surface area contributed by atoms with E-state index in [1.807, 2.05) is 43.3 Å². The molecule has 3 heteroatoms. The van der Waals surface area contributed by atoms with Gasteiger partial charge in [-0.15, -0.1) is 0 Å². The van der Waals surface area contributed by atoms with Crippen LogP contribution in [0.4, 0.5) is 0 Å². The Morgan fingerprint density at radius 3 is 2.61 bits per heavy atom. The van der Waals surface area contributed by atoms with Crippen LogP contribution in [0.2, 0.25) is 5.02 Å². The Morgan fingerprint density at radius 1 is 1.22 bits per heavy atom. The topological polar surface area (TPSA) is 17.1 Å². The van der Waals surface area contributed by atoms with Crippen molar-refractivity contribution in [3.63, 3.8) is 0 Å². The van der Waals surface area contributed by atoms with Crippen molar-refractivity contribution in [2.75, 3.05) is 0 Å². The van der Waals surface area contributed by atoms with Gasteiger partial charge in [0.1, 0.15) is 0 Å². The Morgan fingerprint density at radius 2 is 1.94 bits per heavy atom. The lowest BCUT2D eigenvalue weighted by molar-refractivity contribution is 0.0993. The molecule has 0 spiro atoms. The van der Waals surface area contributed by atoms with Crippen molar-refractivity contribution in [1.82, 2.24) is 0 Å². The summed E-state index contributed by atoms with van der Waals surface area (Å²) >= 11 is 8.18. The molecule has 0 N–H and O–H groups in total. The maximum absolute atomic E-state index is 12.2. The molecule has 0 bridgehead atoms. The van der Waals surface area contributed by atoms with Gasteiger partial charge < -0.3 is 0 Å². The molecule has 18 heavy (non-hydrogen) atoms. The summed E-state index contributed by atoms with van der Waals surface area (Å²) in [5.41, 5.74) is 2.88. The summed E-state index contributed by atoms with van der Waals surface area (Å²) in [6.45, 7) is 2.02. The molecule has 0 saturated heterocycles. The van der Waals surface area contributed by atoms with Gasteiger partial charge in [-0.25, -0.2) is 0 Å². The van der Waals surface area contributed by atoms with Crippen molar-refractivity contribution in [3.05, 3.63) is 67.7 Å². The van der Waals surface area contributed by atoms with E-state index in [-0.39, 0.29) is 5.78 Å². The molecule has 92 valence electrons. The fourth-order valence-electron chi connectivity index (χ4n) is 1.75. The van der Waals surface area contributed by atoms with Gasteiger partial charge in [0, 0.05) is 15.6 Å². The summed E-state index contributed by atoms with van der Waals surface area (Å²) in [5.74, 6) is 0.0996. The molecule has 2 rings (SSSR count). The second-order valence-corrected chi connectivity index (χ2v) is 5.72. The third-order valence-corrected chi connectivity index (χ3v) is 4.43. The van der Waals surface area contributed by atoms with Crippen LogP contribution in [0.1, 0.15) is 21.5 Å². The number of carbonyl (C=O) groups excluding carboxylic acids is 1. The summed E-state index contributed by atoms with van der Waals surface area (Å²) < 4.78 is 0.960. The fraction of sp³-hybridized carbons (Fsp3) is 0.133. The van der Waals surface area contributed by atoms with Crippen molar-refractivity contribution in [1.29, 1.82) is 0 Å². The zero-order chi connectivity index (χ0) is 13.1. The maximum Gasteiger partial charge on any atom is 0.167 e. The Bertz CT molecular complexity index is 593. The monoisotopic (exact) mass is 370 g/mol. The molecule has 2 aromatic rings. The second-order valence-electron chi connectivity index (χ2n) is 4.16. The van der Waals surface area contributed by atoms with Gasteiger partial charge in [-0.05, 0) is 52.8 Å². The molecule has 0 fully saturated rings. The molecule has 0 aliphatic carbocycles. The highest BCUT2D eigenvalue weighted by atomic mass is 127. The smallest absolute Gasteiger partial charge is 0.167 e. The summed E-state index contributed by atoms with van der Waals surface area (Å²) in [5, 5.41) is 0.631. The van der Waals surface area contributed by atoms with Gasteiger partial charge in [-0.2, -0.15) is 0 Å². The van der Waals surface area contributed by atoms with Crippen LogP contribution in [0.25, 0.3) is 0 Å². The number of benzene rings is 2. The molecule has 0 heterocycles. The molecule has 0 aliphatic heterocycles. The Balaban J connectivity index is 2.22. The average Bonchev–Trinajstić information content (AvgIpc) is 2.35. The van der Waals surface area contributed by atoms with Crippen molar-refractivity contribution in [2.24, 2.45) is 0 Å². The van der Waals surface area contributed by atoms with Crippen LogP contribution >= 0.6 is 34.2 Å². The third-order valence-electron chi connectivity index (χ3n) is 2.85. The molecule has 0 aromatic heterocycles. The van der Waals surface area contributed by atoms with E-state index in [1.165, 1.54) is 0 Å². The van der Waals surface area contributed by atoms with Crippen LogP contribution in [-0.4, -0.2) is 5.78 Å². The number of hydrogen-bond acceptors (Lipinski definition) is 1. The van der Waals surface area contributed by atoms with Crippen LogP contribution < -0.4 is 0 Å². The summed E-state index contributed by atoms with van der Waals surface area (Å²) in [7, 11) is 0. The van der Waals surface area contributed by atoms with Crippen molar-refractivity contribution >= 4 is 40.0 Å². The van der Waals surface area contributed by atoms with Crippen molar-refractivity contribution in [2.45, 2.75) is 13.3 Å². The Labute approximate surface area is 125 Å². The highest BCUT2D eigenvalue weighted by Crippen LogP contribution is 2.21. The zero-order valence-electron chi connectivity index (χ0n) is 9.91. The number of carbonyl (C=O) groups is 1. The first-order valence-electron chi connectivity index (χ1n) is 5.60. The van der Waals surface area contributed by atoms with E-state index in [2.05, 4.69) is 22.6 Å². The van der Waals surface area contributed by atoms with Gasteiger partial charge in [-0.1, -0.05) is 41.9 Å². The normalized spacial score (nSPS) is 10.4. The van der Waals surface area contributed by atoms with E-state index in [9.17, 15) is 4.79 Å². The van der Waals surface area contributed by atoms with Gasteiger partial charge in [-0.3, -0.25) is 4.79 Å². The first kappa shape index (κ1) is 13.6. The molecule has 1 nitrogen and oxygen atoms in total. The standard InChI is InChI=1S/C15H12ClIO/c1-10-4-2-3-5-11(10)9-15(18)12-6-7-14(17)13(16)8-12/h2-8H,9H2,1H3. The third kappa shape index (κ3) is 3.12. The minimum absolute atomic E-state index is 0.0996. The van der Waals surface area contributed by atoms with Gasteiger partial charge in [0.05, 0.1) is 5.02 Å². The zero-order valence-corrected chi connectivity index (χ0v) is 12.8. The average molecular weight is 371 g/mol. The van der Waals surface area contributed by atoms with E-state index >= 15 is 0 Å². The lowest BCUT2D eigenvalue weighted by Crippen LogP contribution is -2.05. The van der Waals surface area contributed by atoms with Crippen molar-refractivity contribution in [3.8, 4) is 0 Å². The first-order valence-corrected chi connectivity index (χ1v) is 7.06. The number of ketones is 1. The van der Waals surface area contributed by atoms with Gasteiger partial charge in [0.2, 0.25) is 0 Å². The minimum Gasteiger partial charge on any atom is -0.294 e. The van der Waals surface area contributed by atoms with Crippen LogP contribution in [0, 0.1) is 10.5 Å². The van der Waals surface area contributed by atoms with Crippen molar-refractivity contribution < 1.29 is 4.79 Å². The molecular formula is C15H12ClIO.